The minimum Gasteiger partial charge on any atom is -0.384 e. The number of benzene rings is 1. The van der Waals surface area contributed by atoms with Crippen LogP contribution in [0.25, 0.3) is 0 Å². The Hall–Kier alpha value is -0.860. The molecule has 1 aromatic rings. The Balaban J connectivity index is 2.75. The summed E-state index contributed by atoms with van der Waals surface area (Å²) in [7, 11) is 3.55. The molecule has 0 aliphatic carbocycles. The average molecular weight is 236 g/mol. The first-order chi connectivity index (χ1) is 8.33. The minimum absolute atomic E-state index is 0.247. The number of hydrogen-bond donors (Lipinski definition) is 0. The van der Waals surface area contributed by atoms with Gasteiger partial charge in [0.1, 0.15) is 0 Å². The first-order valence-electron chi connectivity index (χ1n) is 6.40. The topological polar surface area (TPSA) is 18.5 Å². The molecule has 0 radical (unpaired) electrons. The van der Waals surface area contributed by atoms with Crippen LogP contribution < -0.4 is 0 Å². The van der Waals surface area contributed by atoms with E-state index in [1.54, 1.807) is 14.2 Å². The van der Waals surface area contributed by atoms with E-state index in [1.807, 2.05) is 6.07 Å². The molecule has 0 heterocycles. The summed E-state index contributed by atoms with van der Waals surface area (Å²) in [6.07, 6.45) is 3.74. The fourth-order valence-electron chi connectivity index (χ4n) is 2.19. The molecule has 0 aromatic heterocycles. The van der Waals surface area contributed by atoms with Gasteiger partial charge in [-0.1, -0.05) is 50.1 Å². The molecule has 0 amide bonds. The largest absolute Gasteiger partial charge is 0.384 e. The monoisotopic (exact) mass is 236 g/mol. The van der Waals surface area contributed by atoms with Crippen LogP contribution in [0.5, 0.6) is 0 Å². The lowest BCUT2D eigenvalue weighted by atomic mass is 9.91. The van der Waals surface area contributed by atoms with Crippen LogP contribution in [-0.2, 0) is 9.47 Å². The highest BCUT2D eigenvalue weighted by Gasteiger charge is 2.22. The normalized spacial score (nSPS) is 14.5. The molecule has 0 aliphatic heterocycles. The molecule has 0 fully saturated rings. The van der Waals surface area contributed by atoms with Crippen molar-refractivity contribution in [1.82, 2.24) is 0 Å². The Morgan fingerprint density at radius 1 is 1.12 bits per heavy atom. The van der Waals surface area contributed by atoms with Gasteiger partial charge in [-0.05, 0) is 12.0 Å². The summed E-state index contributed by atoms with van der Waals surface area (Å²) in [4.78, 5) is 0. The Labute approximate surface area is 105 Å². The number of rotatable bonds is 8. The van der Waals surface area contributed by atoms with E-state index in [1.165, 1.54) is 18.4 Å². The van der Waals surface area contributed by atoms with Crippen LogP contribution in [0, 0.1) is 0 Å². The Kier molecular flexibility index (Phi) is 6.90. The molecule has 0 N–H and O–H groups in total. The highest BCUT2D eigenvalue weighted by molar-refractivity contribution is 5.21. The quantitative estimate of drug-likeness (QED) is 0.686. The summed E-state index contributed by atoms with van der Waals surface area (Å²) in [5.41, 5.74) is 1.30. The van der Waals surface area contributed by atoms with Crippen LogP contribution in [0.15, 0.2) is 30.3 Å². The van der Waals surface area contributed by atoms with Crippen molar-refractivity contribution >= 4 is 0 Å². The first kappa shape index (κ1) is 14.2. The van der Waals surface area contributed by atoms with Gasteiger partial charge in [-0.25, -0.2) is 0 Å². The van der Waals surface area contributed by atoms with Gasteiger partial charge in [0.2, 0.25) is 0 Å². The van der Waals surface area contributed by atoms with E-state index in [0.717, 1.165) is 6.42 Å². The van der Waals surface area contributed by atoms with Crippen LogP contribution in [0.4, 0.5) is 0 Å². The van der Waals surface area contributed by atoms with Gasteiger partial charge < -0.3 is 9.47 Å². The van der Waals surface area contributed by atoms with Gasteiger partial charge in [-0.2, -0.15) is 0 Å². The third-order valence-corrected chi connectivity index (χ3v) is 3.17. The molecule has 0 aliphatic rings. The van der Waals surface area contributed by atoms with Gasteiger partial charge in [-0.3, -0.25) is 0 Å². The molecule has 0 bridgehead atoms. The molecule has 0 saturated carbocycles. The van der Waals surface area contributed by atoms with Gasteiger partial charge in [0.05, 0.1) is 12.7 Å². The van der Waals surface area contributed by atoms with Crippen LogP contribution in [0.2, 0.25) is 0 Å². The molecular formula is C15H24O2. The van der Waals surface area contributed by atoms with Crippen molar-refractivity contribution in [2.75, 3.05) is 20.8 Å². The fraction of sp³-hybridized carbons (Fsp3) is 0.600. The van der Waals surface area contributed by atoms with E-state index < -0.39 is 0 Å². The maximum atomic E-state index is 5.64. The molecule has 0 saturated heterocycles. The highest BCUT2D eigenvalue weighted by Crippen LogP contribution is 2.25. The van der Waals surface area contributed by atoms with E-state index in [9.17, 15) is 0 Å². The van der Waals surface area contributed by atoms with Gasteiger partial charge in [0.15, 0.2) is 0 Å². The van der Waals surface area contributed by atoms with Gasteiger partial charge >= 0.3 is 0 Å². The van der Waals surface area contributed by atoms with Gasteiger partial charge in [0.25, 0.3) is 0 Å². The van der Waals surface area contributed by atoms with Crippen molar-refractivity contribution in [3.05, 3.63) is 35.9 Å². The maximum Gasteiger partial charge on any atom is 0.0662 e. The predicted octanol–water partition coefficient (Wildman–Crippen LogP) is 3.62. The van der Waals surface area contributed by atoms with Crippen molar-refractivity contribution in [3.8, 4) is 0 Å². The standard InChI is InChI=1S/C15H24O2/c1-4-5-11-15(17-3)14(12-16-2)13-9-7-6-8-10-13/h6-10,14-15H,4-5,11-12H2,1-3H3. The molecule has 2 atom stereocenters. The summed E-state index contributed by atoms with van der Waals surface area (Å²) in [5, 5.41) is 0. The average Bonchev–Trinajstić information content (AvgIpc) is 2.39. The second-order valence-electron chi connectivity index (χ2n) is 4.39. The van der Waals surface area contributed by atoms with E-state index in [2.05, 4.69) is 31.2 Å². The summed E-state index contributed by atoms with van der Waals surface area (Å²) >= 11 is 0. The zero-order chi connectivity index (χ0) is 12.5. The molecule has 1 aromatic carbocycles. The van der Waals surface area contributed by atoms with Crippen molar-refractivity contribution in [2.45, 2.75) is 38.2 Å². The van der Waals surface area contributed by atoms with E-state index in [0.29, 0.717) is 12.5 Å². The zero-order valence-electron chi connectivity index (χ0n) is 11.2. The fourth-order valence-corrected chi connectivity index (χ4v) is 2.19. The third kappa shape index (κ3) is 4.49. The van der Waals surface area contributed by atoms with Crippen LogP contribution in [0.1, 0.15) is 37.7 Å². The molecule has 0 spiro atoms. The molecular weight excluding hydrogens is 212 g/mol. The van der Waals surface area contributed by atoms with Crippen LogP contribution >= 0.6 is 0 Å². The maximum absolute atomic E-state index is 5.64. The molecule has 17 heavy (non-hydrogen) atoms. The van der Waals surface area contributed by atoms with Crippen molar-refractivity contribution in [3.63, 3.8) is 0 Å². The number of unbranched alkanes of at least 4 members (excludes halogenated alkanes) is 1. The zero-order valence-corrected chi connectivity index (χ0v) is 11.2. The molecule has 1 rings (SSSR count). The lowest BCUT2D eigenvalue weighted by Crippen LogP contribution is -2.24. The van der Waals surface area contributed by atoms with E-state index >= 15 is 0 Å². The SMILES string of the molecule is CCCCC(OC)C(COC)c1ccccc1. The second kappa shape index (κ2) is 8.26. The predicted molar refractivity (Wildman–Crippen MR) is 71.4 cm³/mol. The van der Waals surface area contributed by atoms with Crippen molar-refractivity contribution in [1.29, 1.82) is 0 Å². The Morgan fingerprint density at radius 2 is 1.82 bits per heavy atom. The molecule has 2 heteroatoms. The molecule has 2 unspecified atom stereocenters. The number of ether oxygens (including phenoxy) is 2. The van der Waals surface area contributed by atoms with Gasteiger partial charge in [-0.15, -0.1) is 0 Å². The van der Waals surface area contributed by atoms with E-state index in [-0.39, 0.29) is 6.10 Å². The van der Waals surface area contributed by atoms with Crippen LogP contribution in [-0.4, -0.2) is 26.9 Å². The van der Waals surface area contributed by atoms with E-state index in [4.69, 9.17) is 9.47 Å². The summed E-state index contributed by atoms with van der Waals surface area (Å²) < 4.78 is 11.0. The summed E-state index contributed by atoms with van der Waals surface area (Å²) in [6.45, 7) is 2.92. The third-order valence-electron chi connectivity index (χ3n) is 3.17. The highest BCUT2D eigenvalue weighted by atomic mass is 16.5. The summed E-state index contributed by atoms with van der Waals surface area (Å²) in [6, 6.07) is 10.5. The lowest BCUT2D eigenvalue weighted by Gasteiger charge is -2.26. The second-order valence-corrected chi connectivity index (χ2v) is 4.39. The minimum atomic E-state index is 0.247. The van der Waals surface area contributed by atoms with Crippen molar-refractivity contribution < 1.29 is 9.47 Å². The number of hydrogen-bond acceptors (Lipinski definition) is 2. The summed E-state index contributed by atoms with van der Waals surface area (Å²) in [5.74, 6) is 0.331. The molecule has 2 nitrogen and oxygen atoms in total. The van der Waals surface area contributed by atoms with Crippen LogP contribution in [0.3, 0.4) is 0 Å². The molecule has 96 valence electrons. The van der Waals surface area contributed by atoms with Gasteiger partial charge in [0, 0.05) is 20.1 Å². The van der Waals surface area contributed by atoms with Crippen molar-refractivity contribution in [2.24, 2.45) is 0 Å². The lowest BCUT2D eigenvalue weighted by molar-refractivity contribution is 0.0389. The number of methoxy groups -OCH3 is 2. The first-order valence-corrected chi connectivity index (χ1v) is 6.40. The Morgan fingerprint density at radius 3 is 2.35 bits per heavy atom. The Bertz CT molecular complexity index is 284. The smallest absolute Gasteiger partial charge is 0.0662 e.